The average Bonchev–Trinajstić information content (AvgIpc) is 3.42. The maximum Gasteiger partial charge on any atom is 0.247 e. The maximum absolute atomic E-state index is 13.1. The van der Waals surface area contributed by atoms with E-state index >= 15 is 0 Å². The summed E-state index contributed by atoms with van der Waals surface area (Å²) in [6.07, 6.45) is 5.43. The number of hydrogen-bond donors (Lipinski definition) is 1. The van der Waals surface area contributed by atoms with Gasteiger partial charge in [0.1, 0.15) is 6.04 Å². The first-order valence-electron chi connectivity index (χ1n) is 9.82. The summed E-state index contributed by atoms with van der Waals surface area (Å²) in [5.74, 6) is 0.362. The van der Waals surface area contributed by atoms with Gasteiger partial charge in [0.2, 0.25) is 17.7 Å². The van der Waals surface area contributed by atoms with Gasteiger partial charge in [0.15, 0.2) is 0 Å². The molecule has 27 heavy (non-hydrogen) atoms. The predicted molar refractivity (Wildman–Crippen MR) is 101 cm³/mol. The van der Waals surface area contributed by atoms with Gasteiger partial charge in [-0.2, -0.15) is 0 Å². The van der Waals surface area contributed by atoms with Crippen LogP contribution in [0.1, 0.15) is 24.5 Å². The van der Waals surface area contributed by atoms with Crippen LogP contribution >= 0.6 is 0 Å². The Bertz CT molecular complexity index is 869. The summed E-state index contributed by atoms with van der Waals surface area (Å²) in [5, 5.41) is 2.91. The number of likely N-dealkylation sites (tertiary alicyclic amines) is 1. The number of benzene rings is 1. The molecule has 3 fully saturated rings. The van der Waals surface area contributed by atoms with E-state index < -0.39 is 6.04 Å². The van der Waals surface area contributed by atoms with Crippen LogP contribution in [0.5, 0.6) is 0 Å². The zero-order chi connectivity index (χ0) is 19.0. The summed E-state index contributed by atoms with van der Waals surface area (Å²) in [4.78, 5) is 40.3. The zero-order valence-electron chi connectivity index (χ0n) is 15.8. The first-order chi connectivity index (χ1) is 12.9. The summed E-state index contributed by atoms with van der Waals surface area (Å²) in [6, 6.07) is 5.05. The quantitative estimate of drug-likeness (QED) is 0.662. The Morgan fingerprint density at radius 3 is 2.26 bits per heavy atom. The Balaban J connectivity index is 1.39. The van der Waals surface area contributed by atoms with E-state index in [0.29, 0.717) is 11.8 Å². The first kappa shape index (κ1) is 16.7. The van der Waals surface area contributed by atoms with Crippen LogP contribution in [0.25, 0.3) is 0 Å². The smallest absolute Gasteiger partial charge is 0.247 e. The van der Waals surface area contributed by atoms with Gasteiger partial charge in [-0.1, -0.05) is 24.3 Å². The Labute approximate surface area is 158 Å². The standard InChI is InChI=1S/C22H24N2O3/c1-10-4-5-11(2)17(8-10)23-20(25)12(3)24-21(26)18-13-6-7-14(16-9-15(13)16)19(18)22(24)27/h4-8,12-16,18-19H,9H2,1-3H3,(H,23,25)/t12-,13-,14-,15-,16-,18+,19+/m1/s1. The van der Waals surface area contributed by atoms with Crippen LogP contribution in [0, 0.1) is 49.4 Å². The summed E-state index contributed by atoms with van der Waals surface area (Å²) >= 11 is 0. The van der Waals surface area contributed by atoms with Crippen molar-refractivity contribution in [1.82, 2.24) is 4.90 Å². The first-order valence-corrected chi connectivity index (χ1v) is 9.82. The lowest BCUT2D eigenvalue weighted by atomic mass is 9.63. The minimum Gasteiger partial charge on any atom is -0.324 e. The number of anilines is 1. The molecule has 1 heterocycles. The summed E-state index contributed by atoms with van der Waals surface area (Å²) in [7, 11) is 0. The predicted octanol–water partition coefficient (Wildman–Crippen LogP) is 2.68. The molecule has 1 aliphatic heterocycles. The van der Waals surface area contributed by atoms with Crippen molar-refractivity contribution in [3.8, 4) is 0 Å². The minimum atomic E-state index is -0.800. The van der Waals surface area contributed by atoms with Crippen LogP contribution in [0.3, 0.4) is 0 Å². The maximum atomic E-state index is 13.1. The van der Waals surface area contributed by atoms with Crippen LogP contribution in [0.4, 0.5) is 5.69 Å². The second-order valence-corrected chi connectivity index (χ2v) is 8.68. The molecule has 7 atom stereocenters. The molecule has 5 nitrogen and oxygen atoms in total. The SMILES string of the molecule is Cc1ccc(C)c(NC(=O)[C@@H](C)N2C(=O)[C@H]3[C@@H]4C=C[C@H]([C@H]5C[C@H]45)[C@@H]3C2=O)c1. The molecule has 4 aliphatic carbocycles. The molecule has 1 aromatic carbocycles. The molecule has 0 unspecified atom stereocenters. The molecule has 2 bridgehead atoms. The fourth-order valence-corrected chi connectivity index (χ4v) is 5.59. The number of carbonyl (C=O) groups is 3. The fourth-order valence-electron chi connectivity index (χ4n) is 5.59. The molecule has 0 radical (unpaired) electrons. The van der Waals surface area contributed by atoms with Crippen molar-refractivity contribution in [1.29, 1.82) is 0 Å². The van der Waals surface area contributed by atoms with Crippen molar-refractivity contribution in [3.63, 3.8) is 0 Å². The second kappa shape index (κ2) is 5.54. The number of allylic oxidation sites excluding steroid dienone is 2. The molecular formula is C22H24N2O3. The highest BCUT2D eigenvalue weighted by atomic mass is 16.2. The molecule has 5 aliphatic rings. The molecule has 0 aromatic heterocycles. The number of hydrogen-bond acceptors (Lipinski definition) is 3. The van der Waals surface area contributed by atoms with Crippen LogP contribution in [-0.2, 0) is 14.4 Å². The number of aryl methyl sites for hydroxylation is 2. The normalized spacial score (nSPS) is 36.5. The minimum absolute atomic E-state index is 0.154. The van der Waals surface area contributed by atoms with Gasteiger partial charge in [-0.3, -0.25) is 19.3 Å². The molecule has 3 amide bonds. The zero-order valence-corrected chi connectivity index (χ0v) is 15.8. The Kier molecular flexibility index (Phi) is 3.43. The lowest BCUT2D eigenvalue weighted by Gasteiger charge is -2.37. The number of amides is 3. The lowest BCUT2D eigenvalue weighted by molar-refractivity contribution is -0.146. The third-order valence-corrected chi connectivity index (χ3v) is 7.11. The third-order valence-electron chi connectivity index (χ3n) is 7.11. The average molecular weight is 364 g/mol. The number of nitrogens with one attached hydrogen (secondary N) is 1. The highest BCUT2D eigenvalue weighted by molar-refractivity contribution is 6.10. The van der Waals surface area contributed by atoms with Crippen molar-refractivity contribution in [3.05, 3.63) is 41.5 Å². The van der Waals surface area contributed by atoms with Crippen LogP contribution in [0.2, 0.25) is 0 Å². The topological polar surface area (TPSA) is 66.5 Å². The molecular weight excluding hydrogens is 340 g/mol. The summed E-state index contributed by atoms with van der Waals surface area (Å²) in [5.41, 5.74) is 2.73. The van der Waals surface area contributed by atoms with Crippen molar-refractivity contribution in [2.24, 2.45) is 35.5 Å². The van der Waals surface area contributed by atoms with Crippen molar-refractivity contribution < 1.29 is 14.4 Å². The largest absolute Gasteiger partial charge is 0.324 e. The van der Waals surface area contributed by atoms with E-state index in [1.54, 1.807) is 6.92 Å². The van der Waals surface area contributed by atoms with Gasteiger partial charge >= 0.3 is 0 Å². The Hall–Kier alpha value is -2.43. The molecule has 0 spiro atoms. The van der Waals surface area contributed by atoms with E-state index in [1.807, 2.05) is 32.0 Å². The molecule has 2 saturated carbocycles. The van der Waals surface area contributed by atoms with E-state index in [9.17, 15) is 14.4 Å². The van der Waals surface area contributed by atoms with Gasteiger partial charge < -0.3 is 5.32 Å². The van der Waals surface area contributed by atoms with Gasteiger partial charge in [0.05, 0.1) is 11.8 Å². The van der Waals surface area contributed by atoms with Crippen LogP contribution in [0.15, 0.2) is 30.4 Å². The highest BCUT2D eigenvalue weighted by Gasteiger charge is 2.67. The molecule has 1 N–H and O–H groups in total. The summed E-state index contributed by atoms with van der Waals surface area (Å²) < 4.78 is 0. The highest BCUT2D eigenvalue weighted by Crippen LogP contribution is 2.65. The van der Waals surface area contributed by atoms with E-state index in [4.69, 9.17) is 0 Å². The Morgan fingerprint density at radius 2 is 1.67 bits per heavy atom. The molecule has 140 valence electrons. The number of imide groups is 1. The molecule has 1 saturated heterocycles. The molecule has 5 heteroatoms. The van der Waals surface area contributed by atoms with Gasteiger partial charge in [-0.15, -0.1) is 0 Å². The number of carbonyl (C=O) groups excluding carboxylic acids is 3. The summed E-state index contributed by atoms with van der Waals surface area (Å²) in [6.45, 7) is 5.55. The van der Waals surface area contributed by atoms with Crippen molar-refractivity contribution >= 4 is 23.4 Å². The van der Waals surface area contributed by atoms with Gasteiger partial charge in [0, 0.05) is 5.69 Å². The van der Waals surface area contributed by atoms with Crippen LogP contribution in [-0.4, -0.2) is 28.7 Å². The molecule has 6 rings (SSSR count). The molecule has 1 aromatic rings. The van der Waals surface area contributed by atoms with E-state index in [1.165, 1.54) is 4.90 Å². The number of rotatable bonds is 3. The fraction of sp³-hybridized carbons (Fsp3) is 0.500. The van der Waals surface area contributed by atoms with E-state index in [-0.39, 0.29) is 41.4 Å². The number of nitrogens with zero attached hydrogens (tertiary/aromatic N) is 1. The van der Waals surface area contributed by atoms with Crippen molar-refractivity contribution in [2.45, 2.75) is 33.2 Å². The Morgan fingerprint density at radius 1 is 1.07 bits per heavy atom. The van der Waals surface area contributed by atoms with Crippen molar-refractivity contribution in [2.75, 3.05) is 5.32 Å². The van der Waals surface area contributed by atoms with Gasteiger partial charge in [-0.05, 0) is 68.1 Å². The lowest BCUT2D eigenvalue weighted by Crippen LogP contribution is -2.46. The second-order valence-electron chi connectivity index (χ2n) is 8.68. The van der Waals surface area contributed by atoms with Crippen LogP contribution < -0.4 is 5.32 Å². The van der Waals surface area contributed by atoms with E-state index in [2.05, 4.69) is 17.5 Å². The van der Waals surface area contributed by atoms with Gasteiger partial charge in [-0.25, -0.2) is 0 Å². The monoisotopic (exact) mass is 364 g/mol. The van der Waals surface area contributed by atoms with E-state index in [0.717, 1.165) is 23.2 Å². The van der Waals surface area contributed by atoms with Gasteiger partial charge in [0.25, 0.3) is 0 Å². The third kappa shape index (κ3) is 2.27.